The van der Waals surface area contributed by atoms with Crippen LogP contribution < -0.4 is 14.8 Å². The van der Waals surface area contributed by atoms with Gasteiger partial charge in [0.05, 0.1) is 38.4 Å². The van der Waals surface area contributed by atoms with Gasteiger partial charge in [-0.05, 0) is 86.0 Å². The Morgan fingerprint density at radius 1 is 0.885 bits per heavy atom. The highest BCUT2D eigenvalue weighted by atomic mass is 32.2. The van der Waals surface area contributed by atoms with Gasteiger partial charge in [-0.2, -0.15) is 4.31 Å². The lowest BCUT2D eigenvalue weighted by Gasteiger charge is -2.25. The third kappa shape index (κ3) is 12.3. The number of azide groups is 1. The maximum absolute atomic E-state index is 13.6. The molecule has 2 fully saturated rings. The van der Waals surface area contributed by atoms with Crippen molar-refractivity contribution in [3.8, 4) is 11.5 Å². The Balaban J connectivity index is 1.22. The summed E-state index contributed by atoms with van der Waals surface area (Å²) in [7, 11) is -2.82. The van der Waals surface area contributed by atoms with E-state index in [-0.39, 0.29) is 24.5 Å². The van der Waals surface area contributed by atoms with Crippen LogP contribution in [0, 0.1) is 0 Å². The summed E-state index contributed by atoms with van der Waals surface area (Å²) in [6.45, 7) is 3.68. The van der Waals surface area contributed by atoms with Crippen LogP contribution in [0.15, 0.2) is 58.7 Å². The number of hydrogen-bond donors (Lipinski definition) is 1. The molecule has 0 bridgehead atoms. The van der Waals surface area contributed by atoms with E-state index in [1.54, 1.807) is 41.3 Å². The highest BCUT2D eigenvalue weighted by Crippen LogP contribution is 2.28. The Kier molecular flexibility index (Phi) is 16.3. The number of methoxy groups -OCH3 is 1. The van der Waals surface area contributed by atoms with Crippen LogP contribution in [-0.2, 0) is 45.1 Å². The Labute approximate surface area is 303 Å². The minimum Gasteiger partial charge on any atom is -0.494 e. The Morgan fingerprint density at radius 3 is 2.23 bits per heavy atom. The predicted molar refractivity (Wildman–Crippen MR) is 186 cm³/mol. The van der Waals surface area contributed by atoms with E-state index < -0.39 is 40.1 Å². The summed E-state index contributed by atoms with van der Waals surface area (Å²) in [6.07, 6.45) is 3.81. The van der Waals surface area contributed by atoms with Crippen molar-refractivity contribution in [1.29, 1.82) is 0 Å². The molecule has 0 aliphatic carbocycles. The highest BCUT2D eigenvalue weighted by Gasteiger charge is 2.40. The van der Waals surface area contributed by atoms with Crippen LogP contribution in [0.5, 0.6) is 11.5 Å². The summed E-state index contributed by atoms with van der Waals surface area (Å²) in [5.41, 5.74) is 8.78. The first-order chi connectivity index (χ1) is 25.2. The van der Waals surface area contributed by atoms with Gasteiger partial charge in [-0.15, -0.1) is 0 Å². The molecule has 284 valence electrons. The van der Waals surface area contributed by atoms with Gasteiger partial charge in [-0.1, -0.05) is 12.1 Å². The van der Waals surface area contributed by atoms with Crippen LogP contribution in [0.3, 0.4) is 0 Å². The number of rotatable bonds is 21. The SMILES string of the molecule is COC(=O)C(Cc1ccc(OC(=O)N2CCCC2)cc1)NC(=O)C1CCCN1S(=O)(=O)c1ccc(OCCCCOCCOCCON=[N+]=[N-])cc1. The van der Waals surface area contributed by atoms with E-state index >= 15 is 0 Å². The zero-order valence-electron chi connectivity index (χ0n) is 29.2. The maximum Gasteiger partial charge on any atom is 0.415 e. The van der Waals surface area contributed by atoms with E-state index in [9.17, 15) is 22.8 Å². The van der Waals surface area contributed by atoms with E-state index in [1.807, 2.05) is 0 Å². The third-order valence-electron chi connectivity index (χ3n) is 8.41. The van der Waals surface area contributed by atoms with Crippen molar-refractivity contribution in [3.05, 3.63) is 64.5 Å². The van der Waals surface area contributed by atoms with Crippen LogP contribution >= 0.6 is 0 Å². The fraction of sp³-hybridized carbons (Fsp3) is 0.559. The number of sulfonamides is 1. The fourth-order valence-electron chi connectivity index (χ4n) is 5.71. The molecule has 18 heteroatoms. The van der Waals surface area contributed by atoms with Gasteiger partial charge in [-0.3, -0.25) is 4.79 Å². The molecule has 2 aromatic rings. The van der Waals surface area contributed by atoms with Crippen molar-refractivity contribution in [3.63, 3.8) is 0 Å². The van der Waals surface area contributed by atoms with Gasteiger partial charge in [0.25, 0.3) is 0 Å². The van der Waals surface area contributed by atoms with Gasteiger partial charge in [0.15, 0.2) is 0 Å². The molecule has 2 amide bonds. The first-order valence-electron chi connectivity index (χ1n) is 17.2. The summed E-state index contributed by atoms with van der Waals surface area (Å²) in [6, 6.07) is 10.6. The van der Waals surface area contributed by atoms with E-state index in [4.69, 9.17) is 29.2 Å². The topological polar surface area (TPSA) is 208 Å². The fourth-order valence-corrected chi connectivity index (χ4v) is 7.37. The van der Waals surface area contributed by atoms with Crippen molar-refractivity contribution in [1.82, 2.24) is 14.5 Å². The monoisotopic (exact) mass is 746 g/mol. The number of ether oxygens (including phenoxy) is 5. The molecule has 0 saturated carbocycles. The van der Waals surface area contributed by atoms with Crippen LogP contribution in [0.25, 0.3) is 10.4 Å². The Bertz CT molecular complexity index is 1600. The molecule has 17 nitrogen and oxygen atoms in total. The predicted octanol–water partition coefficient (Wildman–Crippen LogP) is 3.77. The van der Waals surface area contributed by atoms with Gasteiger partial charge in [-0.25, -0.2) is 18.0 Å². The lowest BCUT2D eigenvalue weighted by molar-refractivity contribution is -0.145. The number of benzene rings is 2. The third-order valence-corrected chi connectivity index (χ3v) is 10.3. The van der Waals surface area contributed by atoms with E-state index in [0.717, 1.165) is 30.0 Å². The molecule has 2 atom stereocenters. The van der Waals surface area contributed by atoms with E-state index in [2.05, 4.69) is 20.3 Å². The molecule has 52 heavy (non-hydrogen) atoms. The number of hydrogen-bond acceptors (Lipinski definition) is 12. The second-order valence-electron chi connectivity index (χ2n) is 12.0. The van der Waals surface area contributed by atoms with Gasteiger partial charge in [0, 0.05) is 37.6 Å². The zero-order valence-corrected chi connectivity index (χ0v) is 30.0. The number of unbranched alkanes of at least 4 members (excludes halogenated alkanes) is 1. The smallest absolute Gasteiger partial charge is 0.415 e. The van der Waals surface area contributed by atoms with Crippen molar-refractivity contribution in [2.24, 2.45) is 5.28 Å². The van der Waals surface area contributed by atoms with Crippen molar-refractivity contribution in [2.45, 2.75) is 61.9 Å². The molecular weight excluding hydrogens is 700 g/mol. The van der Waals surface area contributed by atoms with E-state index in [1.165, 1.54) is 19.2 Å². The lowest BCUT2D eigenvalue weighted by atomic mass is 10.0. The minimum atomic E-state index is -4.04. The number of carbonyl (C=O) groups is 3. The van der Waals surface area contributed by atoms with Gasteiger partial charge < -0.3 is 38.7 Å². The second kappa shape index (κ2) is 21.0. The summed E-state index contributed by atoms with van der Waals surface area (Å²) in [4.78, 5) is 47.2. The van der Waals surface area contributed by atoms with Crippen LogP contribution in [-0.4, -0.2) is 114 Å². The number of esters is 1. The molecule has 4 rings (SSSR count). The average Bonchev–Trinajstić information content (AvgIpc) is 3.88. The van der Waals surface area contributed by atoms with Gasteiger partial charge in [0.2, 0.25) is 15.9 Å². The summed E-state index contributed by atoms with van der Waals surface area (Å²) in [5.74, 6) is -0.405. The summed E-state index contributed by atoms with van der Waals surface area (Å²) in [5, 5.41) is 5.64. The first-order valence-corrected chi connectivity index (χ1v) is 18.7. The zero-order chi connectivity index (χ0) is 37.2. The number of likely N-dealkylation sites (tertiary alicyclic amines) is 1. The molecule has 2 saturated heterocycles. The normalized spacial score (nSPS) is 16.5. The Morgan fingerprint density at radius 2 is 1.54 bits per heavy atom. The van der Waals surface area contributed by atoms with Crippen LogP contribution in [0.4, 0.5) is 4.79 Å². The van der Waals surface area contributed by atoms with E-state index in [0.29, 0.717) is 76.0 Å². The number of nitrogens with one attached hydrogen (secondary N) is 1. The molecule has 0 spiro atoms. The molecule has 2 aliphatic heterocycles. The first kappa shape index (κ1) is 40.2. The average molecular weight is 747 g/mol. The number of nitrogens with zero attached hydrogens (tertiary/aromatic N) is 5. The highest BCUT2D eigenvalue weighted by molar-refractivity contribution is 7.89. The van der Waals surface area contributed by atoms with Gasteiger partial charge >= 0.3 is 12.1 Å². The summed E-state index contributed by atoms with van der Waals surface area (Å²) >= 11 is 0. The molecule has 1 N–H and O–H groups in total. The molecule has 0 radical (unpaired) electrons. The molecule has 0 aromatic heterocycles. The molecular formula is C34H46N6O11S. The van der Waals surface area contributed by atoms with Crippen molar-refractivity contribution in [2.75, 3.05) is 66.4 Å². The second-order valence-corrected chi connectivity index (χ2v) is 13.9. The molecule has 2 aromatic carbocycles. The maximum atomic E-state index is 13.6. The molecule has 2 aliphatic rings. The number of amides is 2. The van der Waals surface area contributed by atoms with Crippen LogP contribution in [0.1, 0.15) is 44.1 Å². The molecule has 2 heterocycles. The van der Waals surface area contributed by atoms with Crippen molar-refractivity contribution >= 4 is 28.0 Å². The molecule has 2 unspecified atom stereocenters. The summed E-state index contributed by atoms with van der Waals surface area (Å²) < 4.78 is 55.3. The minimum absolute atomic E-state index is 0.0227. The lowest BCUT2D eigenvalue weighted by Crippen LogP contribution is -2.51. The number of carbonyl (C=O) groups excluding carboxylic acids is 3. The Hall–Kier alpha value is -4.61. The quantitative estimate of drug-likeness (QED) is 0.0486. The van der Waals surface area contributed by atoms with Crippen LogP contribution in [0.2, 0.25) is 0 Å². The van der Waals surface area contributed by atoms with Gasteiger partial charge in [0.1, 0.15) is 35.5 Å². The standard InChI is InChI=1S/C34H46N6O11S/c1-46-33(42)30(25-26-8-10-28(11-9-26)51-34(43)39-16-2-3-17-39)36-32(41)31-7-6-18-40(31)52(44,45)29-14-12-27(13-15-29)49-20-5-4-19-47-21-22-48-23-24-50-38-37-35/h8-15,30-31H,2-7,16-25H2,1H3,(H,36,41). The largest absolute Gasteiger partial charge is 0.494 e. The van der Waals surface area contributed by atoms with Crippen molar-refractivity contribution < 1.29 is 51.3 Å².